The molecule has 0 saturated carbocycles. The lowest BCUT2D eigenvalue weighted by molar-refractivity contribution is -0.143. The van der Waals surface area contributed by atoms with Crippen molar-refractivity contribution in [2.24, 2.45) is 17.8 Å². The van der Waals surface area contributed by atoms with E-state index in [1.165, 1.54) is 24.3 Å². The van der Waals surface area contributed by atoms with Crippen LogP contribution in [0.5, 0.6) is 0 Å². The summed E-state index contributed by atoms with van der Waals surface area (Å²) in [4.78, 5) is 23.9. The van der Waals surface area contributed by atoms with Gasteiger partial charge in [-0.3, -0.25) is 9.59 Å². The van der Waals surface area contributed by atoms with E-state index in [9.17, 15) is 9.59 Å². The first kappa shape index (κ1) is 20.2. The molecule has 0 aromatic rings. The minimum Gasteiger partial charge on any atom is -0.461 e. The van der Waals surface area contributed by atoms with Crippen molar-refractivity contribution in [2.45, 2.75) is 60.0 Å². The highest BCUT2D eigenvalue weighted by Crippen LogP contribution is 2.43. The third-order valence-corrected chi connectivity index (χ3v) is 5.08. The van der Waals surface area contributed by atoms with E-state index >= 15 is 0 Å². The molecule has 1 aliphatic carbocycles. The highest BCUT2D eigenvalue weighted by Gasteiger charge is 2.48. The second-order valence-electron chi connectivity index (χ2n) is 7.67. The van der Waals surface area contributed by atoms with E-state index in [0.717, 1.165) is 19.3 Å². The van der Waals surface area contributed by atoms with Crippen LogP contribution >= 0.6 is 0 Å². The van der Waals surface area contributed by atoms with Gasteiger partial charge < -0.3 is 9.47 Å². The SMILES string of the molecule is CC(=O)OC=C1C=CC=C(C)CC2OC(=O)C1C2C(C)CCC=C(C)C. The van der Waals surface area contributed by atoms with Gasteiger partial charge in [-0.05, 0) is 39.5 Å². The Kier molecular flexibility index (Phi) is 7.01. The van der Waals surface area contributed by atoms with Crippen LogP contribution in [-0.2, 0) is 19.1 Å². The molecule has 4 nitrogen and oxygen atoms in total. The maximum absolute atomic E-state index is 12.7. The standard InChI is InChI=1S/C22H30O4/c1-14(2)8-6-10-16(4)20-19-12-15(3)9-7-11-18(13-25-17(5)23)21(20)22(24)26-19/h7-9,11,13,16,19-21H,6,10,12H2,1-5H3. The summed E-state index contributed by atoms with van der Waals surface area (Å²) < 4.78 is 10.9. The first-order valence-electron chi connectivity index (χ1n) is 9.34. The van der Waals surface area contributed by atoms with Gasteiger partial charge >= 0.3 is 11.9 Å². The Morgan fingerprint density at radius 3 is 2.77 bits per heavy atom. The van der Waals surface area contributed by atoms with Crippen LogP contribution < -0.4 is 0 Å². The maximum atomic E-state index is 12.7. The molecular formula is C22H30O4. The van der Waals surface area contributed by atoms with Crippen molar-refractivity contribution >= 4 is 11.9 Å². The smallest absolute Gasteiger partial charge is 0.314 e. The molecule has 0 radical (unpaired) electrons. The number of hydrogen-bond acceptors (Lipinski definition) is 4. The fourth-order valence-corrected chi connectivity index (χ4v) is 3.81. The van der Waals surface area contributed by atoms with Gasteiger partial charge in [-0.1, -0.05) is 42.4 Å². The summed E-state index contributed by atoms with van der Waals surface area (Å²) in [6.07, 6.45) is 12.0. The van der Waals surface area contributed by atoms with Crippen molar-refractivity contribution in [3.05, 3.63) is 47.3 Å². The predicted molar refractivity (Wildman–Crippen MR) is 102 cm³/mol. The number of esters is 2. The maximum Gasteiger partial charge on any atom is 0.314 e. The molecule has 0 aromatic carbocycles. The van der Waals surface area contributed by atoms with Gasteiger partial charge in [0, 0.05) is 24.8 Å². The normalized spacial score (nSPS) is 27.7. The summed E-state index contributed by atoms with van der Waals surface area (Å²) in [6, 6.07) is 0. The van der Waals surface area contributed by atoms with Crippen molar-refractivity contribution in [3.63, 3.8) is 0 Å². The molecule has 4 unspecified atom stereocenters. The number of carbonyl (C=O) groups excluding carboxylic acids is 2. The van der Waals surface area contributed by atoms with Crippen molar-refractivity contribution in [2.75, 3.05) is 0 Å². The zero-order valence-corrected chi connectivity index (χ0v) is 16.5. The zero-order valence-electron chi connectivity index (χ0n) is 16.5. The second kappa shape index (κ2) is 9.02. The topological polar surface area (TPSA) is 52.6 Å². The summed E-state index contributed by atoms with van der Waals surface area (Å²) in [7, 11) is 0. The van der Waals surface area contributed by atoms with Gasteiger partial charge in [-0.25, -0.2) is 0 Å². The molecule has 2 bridgehead atoms. The van der Waals surface area contributed by atoms with Crippen LogP contribution in [0.3, 0.4) is 0 Å². The Bertz CT molecular complexity index is 662. The molecular weight excluding hydrogens is 328 g/mol. The number of allylic oxidation sites excluding steroid dienone is 5. The lowest BCUT2D eigenvalue weighted by atomic mass is 9.74. The van der Waals surface area contributed by atoms with Gasteiger partial charge in [0.2, 0.25) is 0 Å². The lowest BCUT2D eigenvalue weighted by Gasteiger charge is -2.27. The first-order chi connectivity index (χ1) is 12.3. The lowest BCUT2D eigenvalue weighted by Crippen LogP contribution is -2.29. The van der Waals surface area contributed by atoms with E-state index in [0.29, 0.717) is 11.5 Å². The number of fused-ring (bicyclic) bond motifs is 2. The summed E-state index contributed by atoms with van der Waals surface area (Å²) in [5, 5.41) is 0. The molecule has 0 spiro atoms. The van der Waals surface area contributed by atoms with Crippen LogP contribution in [-0.4, -0.2) is 18.0 Å². The molecule has 1 aliphatic heterocycles. The van der Waals surface area contributed by atoms with Crippen LogP contribution in [0.25, 0.3) is 0 Å². The molecule has 1 saturated heterocycles. The van der Waals surface area contributed by atoms with Gasteiger partial charge in [-0.15, -0.1) is 0 Å². The molecule has 1 heterocycles. The molecule has 26 heavy (non-hydrogen) atoms. The third kappa shape index (κ3) is 5.20. The largest absolute Gasteiger partial charge is 0.461 e. The highest BCUT2D eigenvalue weighted by atomic mass is 16.6. The van der Waals surface area contributed by atoms with E-state index < -0.39 is 11.9 Å². The quantitative estimate of drug-likeness (QED) is 0.399. The van der Waals surface area contributed by atoms with Gasteiger partial charge in [0.05, 0.1) is 12.2 Å². The van der Waals surface area contributed by atoms with E-state index in [1.54, 1.807) is 0 Å². The molecule has 142 valence electrons. The third-order valence-electron chi connectivity index (χ3n) is 5.08. The minimum atomic E-state index is -0.395. The van der Waals surface area contributed by atoms with Crippen LogP contribution in [0.1, 0.15) is 53.9 Å². The van der Waals surface area contributed by atoms with Crippen molar-refractivity contribution in [1.29, 1.82) is 0 Å². The number of rotatable bonds is 5. The number of carbonyl (C=O) groups is 2. The van der Waals surface area contributed by atoms with Gasteiger partial charge in [0.15, 0.2) is 0 Å². The summed E-state index contributed by atoms with van der Waals surface area (Å²) in [5.41, 5.74) is 3.19. The number of hydrogen-bond donors (Lipinski definition) is 0. The first-order valence-corrected chi connectivity index (χ1v) is 9.34. The molecule has 2 rings (SSSR count). The monoisotopic (exact) mass is 358 g/mol. The van der Waals surface area contributed by atoms with E-state index in [-0.39, 0.29) is 18.0 Å². The van der Waals surface area contributed by atoms with E-state index in [4.69, 9.17) is 9.47 Å². The molecule has 1 fully saturated rings. The Morgan fingerprint density at radius 2 is 2.12 bits per heavy atom. The fourth-order valence-electron chi connectivity index (χ4n) is 3.81. The second-order valence-corrected chi connectivity index (χ2v) is 7.67. The van der Waals surface area contributed by atoms with Crippen molar-refractivity contribution in [1.82, 2.24) is 0 Å². The minimum absolute atomic E-state index is 0.0703. The summed E-state index contributed by atoms with van der Waals surface area (Å²) in [6.45, 7) is 9.79. The fraction of sp³-hybridized carbons (Fsp3) is 0.545. The Labute approximate surface area is 156 Å². The molecule has 2 aliphatic rings. The van der Waals surface area contributed by atoms with Gasteiger partial charge in [0.1, 0.15) is 6.10 Å². The van der Waals surface area contributed by atoms with Crippen LogP contribution in [0.4, 0.5) is 0 Å². The van der Waals surface area contributed by atoms with Gasteiger partial charge in [0.25, 0.3) is 0 Å². The van der Waals surface area contributed by atoms with Crippen LogP contribution in [0, 0.1) is 17.8 Å². The van der Waals surface area contributed by atoms with Gasteiger partial charge in [-0.2, -0.15) is 0 Å². The predicted octanol–water partition coefficient (Wildman–Crippen LogP) is 4.88. The molecule has 4 atom stereocenters. The average Bonchev–Trinajstić information content (AvgIpc) is 2.88. The van der Waals surface area contributed by atoms with E-state index in [1.807, 2.05) is 18.2 Å². The average molecular weight is 358 g/mol. The van der Waals surface area contributed by atoms with Crippen LogP contribution in [0.2, 0.25) is 0 Å². The Balaban J connectivity index is 2.34. The van der Waals surface area contributed by atoms with Crippen LogP contribution in [0.15, 0.2) is 47.3 Å². The van der Waals surface area contributed by atoms with Crippen molar-refractivity contribution in [3.8, 4) is 0 Å². The van der Waals surface area contributed by atoms with E-state index in [2.05, 4.69) is 33.8 Å². The Morgan fingerprint density at radius 1 is 1.38 bits per heavy atom. The molecule has 0 aromatic heterocycles. The summed E-state index contributed by atoms with van der Waals surface area (Å²) in [5.74, 6) is -0.620. The molecule has 0 amide bonds. The van der Waals surface area contributed by atoms with Crippen molar-refractivity contribution < 1.29 is 19.1 Å². The summed E-state index contributed by atoms with van der Waals surface area (Å²) >= 11 is 0. The molecule has 4 heteroatoms. The Hall–Kier alpha value is -2.10. The molecule has 0 N–H and O–H groups in total. The highest BCUT2D eigenvalue weighted by molar-refractivity contribution is 5.80. The number of ether oxygens (including phenoxy) is 2. The zero-order chi connectivity index (χ0) is 19.3.